The first-order valence-electron chi connectivity index (χ1n) is 5.64. The summed E-state index contributed by atoms with van der Waals surface area (Å²) in [7, 11) is -1.58. The van der Waals surface area contributed by atoms with Gasteiger partial charge in [-0.3, -0.25) is 0 Å². The number of nitrogens with two attached hydrogens (primary N) is 1. The Hall–Kier alpha value is -1.43. The molecule has 5 nitrogen and oxygen atoms in total. The molecule has 0 aliphatic rings. The maximum atomic E-state index is 11.6. The summed E-state index contributed by atoms with van der Waals surface area (Å²) in [6.07, 6.45) is 0. The van der Waals surface area contributed by atoms with E-state index in [0.29, 0.717) is 17.2 Å². The highest BCUT2D eigenvalue weighted by atomic mass is 32.2. The lowest BCUT2D eigenvalue weighted by atomic mass is 10.3. The first kappa shape index (κ1) is 14.6. The molecule has 0 atom stereocenters. The van der Waals surface area contributed by atoms with Gasteiger partial charge in [0.1, 0.15) is 6.61 Å². The number of benzene rings is 1. The van der Waals surface area contributed by atoms with Crippen LogP contribution in [0, 0.1) is 0 Å². The van der Waals surface area contributed by atoms with Gasteiger partial charge >= 0.3 is 0 Å². The largest absolute Gasteiger partial charge is 0.493 e. The summed E-state index contributed by atoms with van der Waals surface area (Å²) in [5.41, 5.74) is 6.17. The van der Waals surface area contributed by atoms with E-state index in [-0.39, 0.29) is 12.4 Å². The fraction of sp³-hybridized carbons (Fsp3) is 0.500. The van der Waals surface area contributed by atoms with Crippen LogP contribution in [0.3, 0.4) is 0 Å². The zero-order valence-corrected chi connectivity index (χ0v) is 11.7. The van der Waals surface area contributed by atoms with Crippen LogP contribution in [-0.4, -0.2) is 33.1 Å². The van der Waals surface area contributed by atoms with Gasteiger partial charge in [0.2, 0.25) is 0 Å². The van der Waals surface area contributed by atoms with Crippen molar-refractivity contribution >= 4 is 15.5 Å². The van der Waals surface area contributed by atoms with Gasteiger partial charge in [-0.1, -0.05) is 0 Å². The highest BCUT2D eigenvalue weighted by Gasteiger charge is 2.16. The van der Waals surface area contributed by atoms with Gasteiger partial charge in [0.25, 0.3) is 0 Å². The van der Waals surface area contributed by atoms with Crippen molar-refractivity contribution in [1.82, 2.24) is 0 Å². The molecule has 102 valence electrons. The molecule has 2 N–H and O–H groups in total. The van der Waals surface area contributed by atoms with Gasteiger partial charge in [0.05, 0.1) is 18.1 Å². The quantitative estimate of drug-likeness (QED) is 0.794. The van der Waals surface area contributed by atoms with Gasteiger partial charge in [0.15, 0.2) is 21.3 Å². The minimum atomic E-state index is -3.09. The van der Waals surface area contributed by atoms with Gasteiger partial charge in [0, 0.05) is 11.8 Å². The molecule has 0 aromatic heterocycles. The Bertz CT molecular complexity index is 497. The normalized spacial score (nSPS) is 11.6. The third-order valence-corrected chi connectivity index (χ3v) is 4.70. The van der Waals surface area contributed by atoms with Crippen molar-refractivity contribution in [3.05, 3.63) is 18.2 Å². The lowest BCUT2D eigenvalue weighted by Gasteiger charge is -2.12. The number of nitrogen functional groups attached to an aromatic ring is 1. The van der Waals surface area contributed by atoms with E-state index in [2.05, 4.69) is 0 Å². The van der Waals surface area contributed by atoms with Gasteiger partial charge in [-0.05, 0) is 26.0 Å². The van der Waals surface area contributed by atoms with Crippen LogP contribution < -0.4 is 15.2 Å². The summed E-state index contributed by atoms with van der Waals surface area (Å²) < 4.78 is 33.7. The molecule has 0 fully saturated rings. The third kappa shape index (κ3) is 3.80. The van der Waals surface area contributed by atoms with Crippen LogP contribution in [-0.2, 0) is 9.84 Å². The fourth-order valence-electron chi connectivity index (χ4n) is 1.31. The van der Waals surface area contributed by atoms with Gasteiger partial charge < -0.3 is 15.2 Å². The van der Waals surface area contributed by atoms with Crippen molar-refractivity contribution in [3.8, 4) is 11.5 Å². The second-order valence-electron chi connectivity index (χ2n) is 4.17. The SMILES string of the molecule is COc1cc(N)ccc1OCCS(=O)(=O)C(C)C. The number of anilines is 1. The minimum Gasteiger partial charge on any atom is -0.493 e. The molecule has 0 aliphatic carbocycles. The van der Waals surface area contributed by atoms with Crippen LogP contribution in [0.2, 0.25) is 0 Å². The fourth-order valence-corrected chi connectivity index (χ4v) is 2.09. The second kappa shape index (κ2) is 5.95. The maximum absolute atomic E-state index is 11.6. The summed E-state index contributed by atoms with van der Waals surface area (Å²) in [4.78, 5) is 0. The number of rotatable bonds is 6. The van der Waals surface area contributed by atoms with Crippen LogP contribution in [0.5, 0.6) is 11.5 Å². The Morgan fingerprint density at radius 2 is 1.94 bits per heavy atom. The van der Waals surface area contributed by atoms with Crippen LogP contribution in [0.15, 0.2) is 18.2 Å². The van der Waals surface area contributed by atoms with Crippen LogP contribution >= 0.6 is 0 Å². The monoisotopic (exact) mass is 273 g/mol. The van der Waals surface area contributed by atoms with Crippen molar-refractivity contribution in [2.45, 2.75) is 19.1 Å². The number of sulfone groups is 1. The van der Waals surface area contributed by atoms with Crippen molar-refractivity contribution in [2.75, 3.05) is 25.2 Å². The van der Waals surface area contributed by atoms with E-state index in [1.54, 1.807) is 32.0 Å². The van der Waals surface area contributed by atoms with Gasteiger partial charge in [-0.15, -0.1) is 0 Å². The van der Waals surface area contributed by atoms with E-state index in [9.17, 15) is 8.42 Å². The molecule has 0 radical (unpaired) electrons. The molecule has 0 saturated heterocycles. The van der Waals surface area contributed by atoms with Gasteiger partial charge in [-0.25, -0.2) is 8.42 Å². The Labute approximate surface area is 108 Å². The maximum Gasteiger partial charge on any atom is 0.162 e. The smallest absolute Gasteiger partial charge is 0.162 e. The topological polar surface area (TPSA) is 78.6 Å². The number of hydrogen-bond acceptors (Lipinski definition) is 5. The Balaban J connectivity index is 2.65. The molecule has 0 amide bonds. The number of methoxy groups -OCH3 is 1. The lowest BCUT2D eigenvalue weighted by molar-refractivity contribution is 0.311. The summed E-state index contributed by atoms with van der Waals surface area (Å²) in [6.45, 7) is 3.40. The first-order valence-corrected chi connectivity index (χ1v) is 7.36. The molecule has 1 rings (SSSR count). The van der Waals surface area contributed by atoms with E-state index >= 15 is 0 Å². The van der Waals surface area contributed by atoms with Crippen molar-refractivity contribution < 1.29 is 17.9 Å². The summed E-state index contributed by atoms with van der Waals surface area (Å²) in [5.74, 6) is 0.973. The summed E-state index contributed by atoms with van der Waals surface area (Å²) >= 11 is 0. The molecule has 0 unspecified atom stereocenters. The predicted molar refractivity (Wildman–Crippen MR) is 71.8 cm³/mol. The summed E-state index contributed by atoms with van der Waals surface area (Å²) in [6, 6.07) is 4.97. The third-order valence-electron chi connectivity index (χ3n) is 2.53. The van der Waals surface area contributed by atoms with Crippen LogP contribution in [0.4, 0.5) is 5.69 Å². The van der Waals surface area contributed by atoms with Crippen molar-refractivity contribution in [2.24, 2.45) is 0 Å². The van der Waals surface area contributed by atoms with Gasteiger partial charge in [-0.2, -0.15) is 0 Å². The van der Waals surface area contributed by atoms with E-state index in [4.69, 9.17) is 15.2 Å². The van der Waals surface area contributed by atoms with Crippen LogP contribution in [0.25, 0.3) is 0 Å². The molecule has 0 saturated carbocycles. The molecule has 6 heteroatoms. The van der Waals surface area contributed by atoms with E-state index in [0.717, 1.165) is 0 Å². The highest BCUT2D eigenvalue weighted by molar-refractivity contribution is 7.91. The van der Waals surface area contributed by atoms with E-state index in [1.807, 2.05) is 0 Å². The summed E-state index contributed by atoms with van der Waals surface area (Å²) in [5, 5.41) is -0.394. The predicted octanol–water partition coefficient (Wildman–Crippen LogP) is 1.48. The average molecular weight is 273 g/mol. The standard InChI is InChI=1S/C12H19NO4S/c1-9(2)18(14,15)7-6-17-11-5-4-10(13)8-12(11)16-3/h4-5,8-9H,6-7,13H2,1-3H3. The first-order chi connectivity index (χ1) is 8.36. The molecule has 0 spiro atoms. The van der Waals surface area contributed by atoms with Crippen molar-refractivity contribution in [1.29, 1.82) is 0 Å². The lowest BCUT2D eigenvalue weighted by Crippen LogP contribution is -2.22. The number of ether oxygens (including phenoxy) is 2. The molecule has 0 heterocycles. The molecular formula is C12H19NO4S. The molecule has 0 bridgehead atoms. The second-order valence-corrected chi connectivity index (χ2v) is 6.85. The molecule has 1 aromatic carbocycles. The van der Waals surface area contributed by atoms with E-state index in [1.165, 1.54) is 7.11 Å². The molecule has 18 heavy (non-hydrogen) atoms. The zero-order valence-electron chi connectivity index (χ0n) is 10.8. The average Bonchev–Trinajstić information content (AvgIpc) is 2.30. The minimum absolute atomic E-state index is 0.0157. The number of hydrogen-bond donors (Lipinski definition) is 1. The zero-order chi connectivity index (χ0) is 13.8. The Morgan fingerprint density at radius 1 is 1.28 bits per heavy atom. The van der Waals surface area contributed by atoms with E-state index < -0.39 is 15.1 Å². The molecule has 0 aliphatic heterocycles. The Kier molecular flexibility index (Phi) is 4.84. The highest BCUT2D eigenvalue weighted by Crippen LogP contribution is 2.28. The molecular weight excluding hydrogens is 254 g/mol. The molecule has 1 aromatic rings. The van der Waals surface area contributed by atoms with Crippen LogP contribution in [0.1, 0.15) is 13.8 Å². The Morgan fingerprint density at radius 3 is 2.50 bits per heavy atom. The van der Waals surface area contributed by atoms with Crippen molar-refractivity contribution in [3.63, 3.8) is 0 Å².